The molecule has 7 aliphatic heterocycles. The summed E-state index contributed by atoms with van der Waals surface area (Å²) < 4.78 is 59.0. The zero-order chi connectivity index (χ0) is 53.5. The number of benzene rings is 4. The molecule has 1 saturated carbocycles. The first-order valence-corrected chi connectivity index (χ1v) is 22.2. The summed E-state index contributed by atoms with van der Waals surface area (Å²) in [5, 5.41) is 156. The van der Waals surface area contributed by atoms with E-state index in [1.807, 2.05) is 0 Å². The molecule has 4 aromatic carbocycles. The summed E-state index contributed by atoms with van der Waals surface area (Å²) in [4.78, 5) is 74.2. The normalized spacial score (nSPS) is 36.7. The van der Waals surface area contributed by atoms with Gasteiger partial charge in [0.25, 0.3) is 0 Å². The van der Waals surface area contributed by atoms with Crippen LogP contribution in [-0.4, -0.2) is 187 Å². The number of carbonyl (C=O) groups excluding carboxylic acids is 5. The van der Waals surface area contributed by atoms with Crippen LogP contribution in [0.4, 0.5) is 0 Å². The highest BCUT2D eigenvalue weighted by atomic mass is 16.9. The molecule has 5 fully saturated rings. The van der Waals surface area contributed by atoms with Gasteiger partial charge in [-0.1, -0.05) is 6.07 Å². The van der Waals surface area contributed by atoms with Crippen molar-refractivity contribution < 1.29 is 143 Å². The van der Waals surface area contributed by atoms with Crippen LogP contribution in [0.15, 0.2) is 42.5 Å². The number of aromatic hydroxyl groups is 9. The van der Waals surface area contributed by atoms with Gasteiger partial charge in [0.1, 0.15) is 42.2 Å². The Morgan fingerprint density at radius 3 is 1.89 bits per heavy atom. The molecule has 14 N–H and O–H groups in total. The first-order valence-electron chi connectivity index (χ1n) is 22.2. The van der Waals surface area contributed by atoms with Crippen LogP contribution in [0.1, 0.15) is 59.3 Å². The molecule has 4 saturated heterocycles. The van der Waals surface area contributed by atoms with Crippen LogP contribution >= 0.6 is 0 Å². The number of rotatable bonds is 2. The molecule has 75 heavy (non-hydrogen) atoms. The zero-order valence-electron chi connectivity index (χ0n) is 37.2. The van der Waals surface area contributed by atoms with Crippen molar-refractivity contribution in [3.05, 3.63) is 70.3 Å². The van der Waals surface area contributed by atoms with Crippen LogP contribution in [0.25, 0.3) is 11.1 Å². The molecule has 14 atom stereocenters. The minimum absolute atomic E-state index is 0.403. The summed E-state index contributed by atoms with van der Waals surface area (Å²) >= 11 is 0. The molecule has 1 aliphatic carbocycles. The van der Waals surface area contributed by atoms with E-state index in [0.29, 0.717) is 24.3 Å². The van der Waals surface area contributed by atoms with Crippen molar-refractivity contribution in [2.24, 2.45) is 5.41 Å². The van der Waals surface area contributed by atoms with Crippen molar-refractivity contribution in [2.75, 3.05) is 13.2 Å². The molecule has 0 radical (unpaired) electrons. The van der Waals surface area contributed by atoms with Crippen molar-refractivity contribution in [3.8, 4) is 68.6 Å². The van der Waals surface area contributed by atoms with Gasteiger partial charge < -0.3 is 119 Å². The number of cyclic esters (lactones) is 1. The van der Waals surface area contributed by atoms with Crippen molar-refractivity contribution in [1.29, 1.82) is 0 Å². The Kier molecular flexibility index (Phi) is 9.72. The lowest BCUT2D eigenvalue weighted by Crippen LogP contribution is -2.83. The fourth-order valence-electron chi connectivity index (χ4n) is 11.5. The Bertz CT molecular complexity index is 3260. The molecule has 29 nitrogen and oxygen atoms in total. The minimum Gasteiger partial charge on any atom is -0.504 e. The van der Waals surface area contributed by atoms with Gasteiger partial charge >= 0.3 is 35.6 Å². The predicted molar refractivity (Wildman–Crippen MR) is 224 cm³/mol. The number of aliphatic hydroxyl groups excluding tert-OH is 2. The Balaban J connectivity index is 1.10. The van der Waals surface area contributed by atoms with Crippen LogP contribution in [0.3, 0.4) is 0 Å². The Hall–Kier alpha value is -8.13. The van der Waals surface area contributed by atoms with Crippen LogP contribution in [-0.2, 0) is 47.4 Å². The van der Waals surface area contributed by atoms with Crippen LogP contribution in [0.2, 0.25) is 0 Å². The highest BCUT2D eigenvalue weighted by molar-refractivity contribution is 6.08. The van der Waals surface area contributed by atoms with Gasteiger partial charge in [0, 0.05) is 23.1 Å². The molecule has 8 aliphatic rings. The minimum atomic E-state index is -3.52. The molecule has 29 heteroatoms. The maximum Gasteiger partial charge on any atom is 0.340 e. The van der Waals surface area contributed by atoms with Crippen LogP contribution in [0.5, 0.6) is 57.5 Å². The standard InChI is InChI=1S/C46H36O29/c47-15-4-11(5-16(48)25(15)52)35(58)72-39-32-31-30(21(68-39)9-66-36(59)13-6-17(49)26(53)28(55)23(13)24-14(38(61)69-31)7-18(50)27(54)29(24)56)71-41(62)42-10-43(63)46(65)45(64,74-40(42)44(75-43)34(57)19(51)8-67-44)33(42)22-12(37(60)70-32)2-1-3-20(22)73-46/h1-7,19,21,30-34,39-40,47-57,63-65H,8-10H2/t19-,21+,30+,31-,32+,33+,34+,39-,40-,42+,43+,44-,45-,46-/m0/s1. The Labute approximate surface area is 414 Å². The fourth-order valence-corrected chi connectivity index (χ4v) is 11.5. The number of aliphatic hydroxyl groups is 5. The Morgan fingerprint density at radius 2 is 1.27 bits per heavy atom. The highest BCUT2D eigenvalue weighted by Crippen LogP contribution is 2.76. The molecular formula is C46H36O29. The van der Waals surface area contributed by atoms with E-state index in [9.17, 15) is 85.9 Å². The fraction of sp³-hybridized carbons (Fsp3) is 0.370. The molecule has 12 rings (SSSR count). The van der Waals surface area contributed by atoms with Gasteiger partial charge in [-0.05, 0) is 36.4 Å². The number of carbonyl (C=O) groups is 5. The molecule has 2 spiro atoms. The van der Waals surface area contributed by atoms with E-state index in [1.165, 1.54) is 0 Å². The van der Waals surface area contributed by atoms with Gasteiger partial charge in [-0.3, -0.25) is 4.79 Å². The zero-order valence-corrected chi connectivity index (χ0v) is 37.2. The van der Waals surface area contributed by atoms with E-state index in [1.54, 1.807) is 0 Å². The molecular weight excluding hydrogens is 1020 g/mol. The third-order valence-corrected chi connectivity index (χ3v) is 14.8. The van der Waals surface area contributed by atoms with Gasteiger partial charge in [0.05, 0.1) is 34.8 Å². The van der Waals surface area contributed by atoms with Crippen molar-refractivity contribution in [3.63, 3.8) is 0 Å². The molecule has 7 heterocycles. The van der Waals surface area contributed by atoms with Gasteiger partial charge in [-0.2, -0.15) is 0 Å². The summed E-state index contributed by atoms with van der Waals surface area (Å²) in [7, 11) is 0. The van der Waals surface area contributed by atoms with E-state index in [-0.39, 0.29) is 0 Å². The number of ether oxygens (including phenoxy) is 10. The predicted octanol–water partition coefficient (Wildman–Crippen LogP) is -2.06. The molecule has 4 aromatic rings. The number of phenols is 9. The highest BCUT2D eigenvalue weighted by Gasteiger charge is 2.95. The summed E-state index contributed by atoms with van der Waals surface area (Å²) in [5.74, 6) is -35.8. The van der Waals surface area contributed by atoms with Gasteiger partial charge in [0.15, 0.2) is 52.5 Å². The van der Waals surface area contributed by atoms with Gasteiger partial charge in [0.2, 0.25) is 41.3 Å². The van der Waals surface area contributed by atoms with E-state index < -0.39 is 229 Å². The second-order valence-electron chi connectivity index (χ2n) is 18.8. The largest absolute Gasteiger partial charge is 0.504 e. The van der Waals surface area contributed by atoms with E-state index in [0.717, 1.165) is 18.2 Å². The lowest BCUT2D eigenvalue weighted by molar-refractivity contribution is -0.490. The average Bonchev–Trinajstić information content (AvgIpc) is 3.76. The number of phenolic OH excluding ortho intramolecular Hbond substituents is 9. The van der Waals surface area contributed by atoms with E-state index >= 15 is 9.59 Å². The Morgan fingerprint density at radius 1 is 0.667 bits per heavy atom. The summed E-state index contributed by atoms with van der Waals surface area (Å²) in [5.41, 5.74) is -9.14. The molecule has 0 aromatic heterocycles. The van der Waals surface area contributed by atoms with E-state index in [4.69, 9.17) is 47.4 Å². The van der Waals surface area contributed by atoms with Crippen LogP contribution in [0, 0.1) is 5.41 Å². The first-order chi connectivity index (χ1) is 35.3. The van der Waals surface area contributed by atoms with Crippen LogP contribution < -0.4 is 4.74 Å². The van der Waals surface area contributed by atoms with E-state index in [2.05, 4.69) is 0 Å². The second-order valence-corrected chi connectivity index (χ2v) is 18.8. The van der Waals surface area contributed by atoms with Gasteiger partial charge in [-0.25, -0.2) is 19.2 Å². The number of hydrogen-bond donors (Lipinski definition) is 14. The summed E-state index contributed by atoms with van der Waals surface area (Å²) in [6.45, 7) is -2.10. The van der Waals surface area contributed by atoms with Gasteiger partial charge in [-0.15, -0.1) is 0 Å². The first kappa shape index (κ1) is 47.8. The molecule has 9 bridgehead atoms. The van der Waals surface area contributed by atoms with Crippen molar-refractivity contribution in [2.45, 2.75) is 84.5 Å². The molecule has 394 valence electrons. The number of hydrogen-bond acceptors (Lipinski definition) is 29. The maximum atomic E-state index is 15.9. The van der Waals surface area contributed by atoms with Crippen molar-refractivity contribution in [1.82, 2.24) is 0 Å². The SMILES string of the molecule is O=C(O[C@@H]1O[C@@H]2COC(=O)c3cc(O)c(O)c(O)c3-c3c(cc(O)c(O)c3O)C(=O)O[C@@H]3[C@H]1OC(=O)c1cccc4c1[C@@H]1[C@@]5(C[C@@]6(O)O[C@]7(OC[C@H](O)[C@H]7O)[C@H]5O[C@]1(O)[C@@]6(O)O4)C(=O)O[C@@H]32)c1cc(O)c(O)c(O)c1. The summed E-state index contributed by atoms with van der Waals surface area (Å²) in [6.07, 6.45) is -20.0. The number of esters is 5. The third kappa shape index (κ3) is 5.93. The maximum absolute atomic E-state index is 15.9. The number of fused-ring (bicyclic) bond motifs is 6. The smallest absolute Gasteiger partial charge is 0.340 e. The lowest BCUT2D eigenvalue weighted by atomic mass is 9.53. The lowest BCUT2D eigenvalue weighted by Gasteiger charge is -2.62. The summed E-state index contributed by atoms with van der Waals surface area (Å²) in [6, 6.07) is 5.33. The monoisotopic (exact) mass is 1050 g/mol. The van der Waals surface area contributed by atoms with Crippen molar-refractivity contribution >= 4 is 29.8 Å². The molecule has 0 unspecified atom stereocenters. The topological polar surface area (TPSA) is 461 Å². The third-order valence-electron chi connectivity index (χ3n) is 14.8. The average molecular weight is 1050 g/mol. The second kappa shape index (κ2) is 15.2. The molecule has 0 amide bonds. The quantitative estimate of drug-likeness (QED) is 0.0583.